The number of nitrogens with zero attached hydrogens (tertiary/aromatic N) is 1. The van der Waals surface area contributed by atoms with Crippen LogP contribution in [0.1, 0.15) is 53.6 Å². The smallest absolute Gasteiger partial charge is 0.290 e. The van der Waals surface area contributed by atoms with Crippen molar-refractivity contribution in [1.82, 2.24) is 4.90 Å². The first-order valence-electron chi connectivity index (χ1n) is 10.1. The van der Waals surface area contributed by atoms with E-state index in [9.17, 15) is 9.59 Å². The van der Waals surface area contributed by atoms with E-state index in [0.717, 1.165) is 11.1 Å². The van der Waals surface area contributed by atoms with E-state index in [2.05, 4.69) is 0 Å². The van der Waals surface area contributed by atoms with Gasteiger partial charge < -0.3 is 14.1 Å². The molecule has 0 aliphatic carbocycles. The fraction of sp³-hybridized carbons (Fsp3) is 0.333. The largest absolute Gasteiger partial charge is 0.450 e. The van der Waals surface area contributed by atoms with E-state index in [0.29, 0.717) is 41.1 Å². The lowest BCUT2D eigenvalue weighted by Crippen LogP contribution is -2.31. The summed E-state index contributed by atoms with van der Waals surface area (Å²) in [7, 11) is 0. The molecule has 5 nitrogen and oxygen atoms in total. The van der Waals surface area contributed by atoms with E-state index >= 15 is 0 Å². The Bertz CT molecular complexity index is 1150. The average molecular weight is 426 g/mol. The van der Waals surface area contributed by atoms with Gasteiger partial charge in [-0.15, -0.1) is 0 Å². The van der Waals surface area contributed by atoms with Gasteiger partial charge in [0.05, 0.1) is 23.1 Å². The van der Waals surface area contributed by atoms with Gasteiger partial charge >= 0.3 is 0 Å². The highest BCUT2D eigenvalue weighted by atomic mass is 35.5. The van der Waals surface area contributed by atoms with Gasteiger partial charge in [0.1, 0.15) is 5.58 Å². The lowest BCUT2D eigenvalue weighted by Gasteiger charge is -2.25. The molecule has 1 aromatic heterocycles. The molecule has 1 atom stereocenters. The minimum Gasteiger partial charge on any atom is -0.450 e. The quantitative estimate of drug-likeness (QED) is 0.514. The summed E-state index contributed by atoms with van der Waals surface area (Å²) >= 11 is 6.07. The van der Waals surface area contributed by atoms with Crippen molar-refractivity contribution in [1.29, 1.82) is 0 Å². The van der Waals surface area contributed by atoms with Crippen LogP contribution in [0.25, 0.3) is 11.0 Å². The SMILES string of the molecule is Cc1ccc2oc3c(c(=O)c2c1)C(c1ccc(Cl)cc1)N(CCCOC(C)C)C3=O. The Kier molecular flexibility index (Phi) is 5.67. The maximum atomic E-state index is 13.4. The Morgan fingerprint density at radius 3 is 2.57 bits per heavy atom. The standard InChI is InChI=1S/C24H24ClNO4/c1-14(2)29-12-4-11-26-21(16-6-8-17(25)9-7-16)20-22(27)18-13-15(3)5-10-19(18)30-23(20)24(26)28/h5-10,13-14,21H,4,11-12H2,1-3H3. The van der Waals surface area contributed by atoms with Crippen LogP contribution in [0.5, 0.6) is 0 Å². The van der Waals surface area contributed by atoms with Crippen LogP contribution in [0.4, 0.5) is 0 Å². The molecule has 0 saturated carbocycles. The monoisotopic (exact) mass is 425 g/mol. The van der Waals surface area contributed by atoms with Crippen molar-refractivity contribution in [3.8, 4) is 0 Å². The number of fused-ring (bicyclic) bond motifs is 2. The van der Waals surface area contributed by atoms with E-state index in [1.807, 2.05) is 45.0 Å². The van der Waals surface area contributed by atoms with Crippen molar-refractivity contribution >= 4 is 28.5 Å². The van der Waals surface area contributed by atoms with Crippen molar-refractivity contribution in [3.05, 3.63) is 80.2 Å². The second-order valence-electron chi connectivity index (χ2n) is 7.90. The third kappa shape index (κ3) is 3.75. The molecule has 2 heterocycles. The number of halogens is 1. The van der Waals surface area contributed by atoms with Gasteiger partial charge in [-0.3, -0.25) is 9.59 Å². The molecule has 3 aromatic rings. The topological polar surface area (TPSA) is 59.8 Å². The van der Waals surface area contributed by atoms with Crippen molar-refractivity contribution in [3.63, 3.8) is 0 Å². The first-order valence-corrected chi connectivity index (χ1v) is 10.5. The van der Waals surface area contributed by atoms with Crippen LogP contribution in [0.3, 0.4) is 0 Å². The zero-order valence-corrected chi connectivity index (χ0v) is 18.0. The molecule has 156 valence electrons. The fourth-order valence-corrected chi connectivity index (χ4v) is 4.04. The van der Waals surface area contributed by atoms with Crippen molar-refractivity contribution in [2.45, 2.75) is 39.3 Å². The summed E-state index contributed by atoms with van der Waals surface area (Å²) in [5.41, 5.74) is 2.45. The van der Waals surface area contributed by atoms with Gasteiger partial charge in [0, 0.05) is 18.2 Å². The highest BCUT2D eigenvalue weighted by Crippen LogP contribution is 2.38. The fourth-order valence-electron chi connectivity index (χ4n) is 3.91. The van der Waals surface area contributed by atoms with E-state index < -0.39 is 6.04 Å². The van der Waals surface area contributed by atoms with Gasteiger partial charge in [-0.25, -0.2) is 0 Å². The van der Waals surface area contributed by atoms with E-state index in [-0.39, 0.29) is 23.2 Å². The number of ether oxygens (including phenoxy) is 1. The molecule has 0 N–H and O–H groups in total. The molecular weight excluding hydrogens is 402 g/mol. The van der Waals surface area contributed by atoms with Crippen LogP contribution in [0.2, 0.25) is 5.02 Å². The Labute approximate surface area is 180 Å². The van der Waals surface area contributed by atoms with Crippen molar-refractivity contribution in [2.75, 3.05) is 13.2 Å². The Morgan fingerprint density at radius 2 is 1.87 bits per heavy atom. The molecule has 30 heavy (non-hydrogen) atoms. The van der Waals surface area contributed by atoms with Crippen LogP contribution >= 0.6 is 11.6 Å². The number of rotatable bonds is 6. The highest BCUT2D eigenvalue weighted by Gasteiger charge is 2.42. The molecule has 1 amide bonds. The van der Waals surface area contributed by atoms with Gasteiger partial charge in [0.15, 0.2) is 5.43 Å². The van der Waals surface area contributed by atoms with Crippen molar-refractivity contribution < 1.29 is 13.9 Å². The molecule has 6 heteroatoms. The second-order valence-corrected chi connectivity index (χ2v) is 8.34. The average Bonchev–Trinajstić information content (AvgIpc) is 2.99. The van der Waals surface area contributed by atoms with Gasteiger partial charge in [-0.2, -0.15) is 0 Å². The zero-order chi connectivity index (χ0) is 21.4. The number of aryl methyl sites for hydroxylation is 1. The maximum Gasteiger partial charge on any atom is 0.290 e. The molecular formula is C24H24ClNO4. The molecule has 1 aliphatic heterocycles. The molecule has 2 aromatic carbocycles. The second kappa shape index (κ2) is 8.25. The number of benzene rings is 2. The first kappa shape index (κ1) is 20.6. The normalized spacial score (nSPS) is 16.0. The number of hydrogen-bond acceptors (Lipinski definition) is 4. The number of carbonyl (C=O) groups excluding carboxylic acids is 1. The Morgan fingerprint density at radius 1 is 1.13 bits per heavy atom. The van der Waals surface area contributed by atoms with Crippen LogP contribution < -0.4 is 5.43 Å². The first-order chi connectivity index (χ1) is 14.4. The van der Waals surface area contributed by atoms with Crippen LogP contribution in [0.15, 0.2) is 51.7 Å². The molecule has 0 bridgehead atoms. The summed E-state index contributed by atoms with van der Waals surface area (Å²) in [6.07, 6.45) is 0.787. The lowest BCUT2D eigenvalue weighted by atomic mass is 9.98. The lowest BCUT2D eigenvalue weighted by molar-refractivity contribution is 0.0593. The van der Waals surface area contributed by atoms with Crippen molar-refractivity contribution in [2.24, 2.45) is 0 Å². The Balaban J connectivity index is 1.81. The van der Waals surface area contributed by atoms with E-state index in [1.165, 1.54) is 0 Å². The maximum absolute atomic E-state index is 13.4. The van der Waals surface area contributed by atoms with Crippen LogP contribution in [-0.4, -0.2) is 30.1 Å². The zero-order valence-electron chi connectivity index (χ0n) is 17.3. The number of amides is 1. The third-order valence-electron chi connectivity index (χ3n) is 5.30. The summed E-state index contributed by atoms with van der Waals surface area (Å²) in [5, 5.41) is 1.09. The molecule has 0 radical (unpaired) electrons. The highest BCUT2D eigenvalue weighted by molar-refractivity contribution is 6.30. The number of hydrogen-bond donors (Lipinski definition) is 0. The van der Waals surface area contributed by atoms with E-state index in [1.54, 1.807) is 23.1 Å². The van der Waals surface area contributed by atoms with Crippen LogP contribution in [0, 0.1) is 6.92 Å². The van der Waals surface area contributed by atoms with Crippen LogP contribution in [-0.2, 0) is 4.74 Å². The summed E-state index contributed by atoms with van der Waals surface area (Å²) in [5.74, 6) is -0.143. The Hall–Kier alpha value is -2.63. The molecule has 0 spiro atoms. The minimum atomic E-state index is -0.509. The predicted molar refractivity (Wildman–Crippen MR) is 117 cm³/mol. The summed E-state index contributed by atoms with van der Waals surface area (Å²) in [6, 6.07) is 12.2. The van der Waals surface area contributed by atoms with Gasteiger partial charge in [0.2, 0.25) is 5.76 Å². The molecule has 4 rings (SSSR count). The minimum absolute atomic E-state index is 0.125. The van der Waals surface area contributed by atoms with E-state index in [4.69, 9.17) is 20.8 Å². The summed E-state index contributed by atoms with van der Waals surface area (Å²) < 4.78 is 11.6. The number of carbonyl (C=O) groups is 1. The molecule has 0 fully saturated rings. The molecule has 0 saturated heterocycles. The van der Waals surface area contributed by atoms with Gasteiger partial charge in [-0.1, -0.05) is 35.4 Å². The third-order valence-corrected chi connectivity index (χ3v) is 5.55. The summed E-state index contributed by atoms with van der Waals surface area (Å²) in [6.45, 7) is 6.87. The molecule has 1 aliphatic rings. The predicted octanol–water partition coefficient (Wildman–Crippen LogP) is 5.12. The summed E-state index contributed by atoms with van der Waals surface area (Å²) in [4.78, 5) is 28.4. The van der Waals surface area contributed by atoms with Gasteiger partial charge in [0.25, 0.3) is 5.91 Å². The molecule has 1 unspecified atom stereocenters. The van der Waals surface area contributed by atoms with Gasteiger partial charge in [-0.05, 0) is 57.0 Å².